The lowest BCUT2D eigenvalue weighted by Crippen LogP contribution is -2.55. The fraction of sp³-hybridized carbons (Fsp3) is 0.412. The molecule has 26 heavy (non-hydrogen) atoms. The molecule has 2 aliphatic rings. The van der Waals surface area contributed by atoms with Crippen molar-refractivity contribution in [3.63, 3.8) is 0 Å². The topological polar surface area (TPSA) is 89.8 Å². The predicted octanol–water partition coefficient (Wildman–Crippen LogP) is -0.211. The molecule has 3 heterocycles. The number of aromatic nitrogens is 3. The van der Waals surface area contributed by atoms with Crippen molar-refractivity contribution in [1.82, 2.24) is 24.8 Å². The Morgan fingerprint density at radius 3 is 2.54 bits per heavy atom. The minimum Gasteiger partial charge on any atom is -0.485 e. The standard InChI is InChI=1S/C17H19N5O4/c23-16(11-22-6-5-18-19-22)20-7-9-21(10-8-20)17(24)15-12-25-13-3-1-2-4-14(13)26-15/h1-6,15H,7-12H2. The van der Waals surface area contributed by atoms with Crippen molar-refractivity contribution in [2.75, 3.05) is 32.8 Å². The molecule has 136 valence electrons. The molecule has 1 fully saturated rings. The normalized spacial score (nSPS) is 19.3. The average Bonchev–Trinajstić information content (AvgIpc) is 3.20. The van der Waals surface area contributed by atoms with Gasteiger partial charge in [0, 0.05) is 32.4 Å². The molecule has 1 aromatic carbocycles. The van der Waals surface area contributed by atoms with E-state index < -0.39 is 6.10 Å². The number of hydrogen-bond donors (Lipinski definition) is 0. The highest BCUT2D eigenvalue weighted by Crippen LogP contribution is 2.31. The zero-order valence-electron chi connectivity index (χ0n) is 14.2. The summed E-state index contributed by atoms with van der Waals surface area (Å²) >= 11 is 0. The number of carbonyl (C=O) groups is 2. The van der Waals surface area contributed by atoms with E-state index in [2.05, 4.69) is 10.3 Å². The largest absolute Gasteiger partial charge is 0.485 e. The Morgan fingerprint density at radius 1 is 1.08 bits per heavy atom. The molecular weight excluding hydrogens is 338 g/mol. The Balaban J connectivity index is 1.30. The Labute approximate surface area is 150 Å². The van der Waals surface area contributed by atoms with Crippen LogP contribution >= 0.6 is 0 Å². The second-order valence-electron chi connectivity index (χ2n) is 6.17. The number of carbonyl (C=O) groups excluding carboxylic acids is 2. The van der Waals surface area contributed by atoms with Crippen LogP contribution < -0.4 is 9.47 Å². The van der Waals surface area contributed by atoms with Gasteiger partial charge < -0.3 is 19.3 Å². The molecule has 1 saturated heterocycles. The maximum atomic E-state index is 12.7. The van der Waals surface area contributed by atoms with Gasteiger partial charge in [-0.1, -0.05) is 17.3 Å². The molecular formula is C17H19N5O4. The monoisotopic (exact) mass is 357 g/mol. The summed E-state index contributed by atoms with van der Waals surface area (Å²) in [5, 5.41) is 7.49. The lowest BCUT2D eigenvalue weighted by Gasteiger charge is -2.37. The molecule has 0 spiro atoms. The van der Waals surface area contributed by atoms with Gasteiger partial charge >= 0.3 is 0 Å². The first-order valence-corrected chi connectivity index (χ1v) is 8.50. The van der Waals surface area contributed by atoms with Crippen molar-refractivity contribution < 1.29 is 19.1 Å². The third-order valence-corrected chi connectivity index (χ3v) is 4.50. The van der Waals surface area contributed by atoms with Crippen LogP contribution in [0.4, 0.5) is 0 Å². The summed E-state index contributed by atoms with van der Waals surface area (Å²) in [6, 6.07) is 7.31. The number of rotatable bonds is 3. The van der Waals surface area contributed by atoms with Crippen molar-refractivity contribution in [3.8, 4) is 11.5 Å². The van der Waals surface area contributed by atoms with Crippen LogP contribution in [-0.2, 0) is 16.1 Å². The first kappa shape index (κ1) is 16.4. The van der Waals surface area contributed by atoms with Gasteiger partial charge in [0.1, 0.15) is 13.2 Å². The summed E-state index contributed by atoms with van der Waals surface area (Å²) in [4.78, 5) is 28.4. The molecule has 2 amide bonds. The van der Waals surface area contributed by atoms with Gasteiger partial charge in [0.25, 0.3) is 5.91 Å². The summed E-state index contributed by atoms with van der Waals surface area (Å²) < 4.78 is 12.9. The molecule has 9 heteroatoms. The second-order valence-corrected chi connectivity index (χ2v) is 6.17. The molecule has 0 radical (unpaired) electrons. The zero-order valence-corrected chi connectivity index (χ0v) is 14.2. The molecule has 0 aliphatic carbocycles. The molecule has 2 aliphatic heterocycles. The molecule has 9 nitrogen and oxygen atoms in total. The van der Waals surface area contributed by atoms with Crippen LogP contribution in [0, 0.1) is 0 Å². The fourth-order valence-corrected chi connectivity index (χ4v) is 3.08. The van der Waals surface area contributed by atoms with Gasteiger partial charge in [-0.2, -0.15) is 0 Å². The smallest absolute Gasteiger partial charge is 0.267 e. The van der Waals surface area contributed by atoms with Crippen LogP contribution in [0.1, 0.15) is 0 Å². The van der Waals surface area contributed by atoms with Crippen LogP contribution in [0.25, 0.3) is 0 Å². The average molecular weight is 357 g/mol. The molecule has 4 rings (SSSR count). The molecule has 0 bridgehead atoms. The van der Waals surface area contributed by atoms with E-state index in [0.29, 0.717) is 37.7 Å². The summed E-state index contributed by atoms with van der Waals surface area (Å²) in [6.45, 7) is 2.28. The number of amides is 2. The maximum absolute atomic E-state index is 12.7. The van der Waals surface area contributed by atoms with E-state index in [0.717, 1.165) is 0 Å². The van der Waals surface area contributed by atoms with Gasteiger partial charge in [0.05, 0.1) is 6.20 Å². The number of benzene rings is 1. The summed E-state index contributed by atoms with van der Waals surface area (Å²) in [6.07, 6.45) is 2.53. The van der Waals surface area contributed by atoms with E-state index >= 15 is 0 Å². The molecule has 1 aromatic heterocycles. The van der Waals surface area contributed by atoms with Gasteiger partial charge in [-0.05, 0) is 12.1 Å². The number of hydrogen-bond acceptors (Lipinski definition) is 6. The van der Waals surface area contributed by atoms with Crippen molar-refractivity contribution in [1.29, 1.82) is 0 Å². The van der Waals surface area contributed by atoms with Crippen molar-refractivity contribution >= 4 is 11.8 Å². The highest BCUT2D eigenvalue weighted by molar-refractivity contribution is 5.82. The quantitative estimate of drug-likeness (QED) is 0.755. The van der Waals surface area contributed by atoms with E-state index in [1.54, 1.807) is 22.1 Å². The highest BCUT2D eigenvalue weighted by Gasteiger charge is 2.33. The maximum Gasteiger partial charge on any atom is 0.267 e. The number of piperazine rings is 1. The molecule has 1 atom stereocenters. The van der Waals surface area contributed by atoms with Crippen LogP contribution in [0.3, 0.4) is 0 Å². The third-order valence-electron chi connectivity index (χ3n) is 4.50. The first-order valence-electron chi connectivity index (χ1n) is 8.50. The lowest BCUT2D eigenvalue weighted by molar-refractivity contribution is -0.146. The van der Waals surface area contributed by atoms with Crippen molar-refractivity contribution in [3.05, 3.63) is 36.7 Å². The van der Waals surface area contributed by atoms with Gasteiger partial charge in [0.2, 0.25) is 12.0 Å². The molecule has 0 N–H and O–H groups in total. The highest BCUT2D eigenvalue weighted by atomic mass is 16.6. The fourth-order valence-electron chi connectivity index (χ4n) is 3.08. The SMILES string of the molecule is O=C(Cn1ccnn1)N1CCN(C(=O)C2COc3ccccc3O2)CC1. The van der Waals surface area contributed by atoms with Crippen LogP contribution in [-0.4, -0.2) is 75.5 Å². The lowest BCUT2D eigenvalue weighted by atomic mass is 10.2. The number of nitrogens with zero attached hydrogens (tertiary/aromatic N) is 5. The van der Waals surface area contributed by atoms with E-state index in [4.69, 9.17) is 9.47 Å². The zero-order chi connectivity index (χ0) is 17.9. The van der Waals surface area contributed by atoms with Crippen molar-refractivity contribution in [2.45, 2.75) is 12.6 Å². The van der Waals surface area contributed by atoms with Gasteiger partial charge in [-0.25, -0.2) is 4.68 Å². The summed E-state index contributed by atoms with van der Waals surface area (Å²) in [5.41, 5.74) is 0. The Kier molecular flexibility index (Phi) is 4.42. The minimum atomic E-state index is -0.651. The Bertz CT molecular complexity index is 786. The van der Waals surface area contributed by atoms with E-state index in [1.165, 1.54) is 10.9 Å². The van der Waals surface area contributed by atoms with Gasteiger partial charge in [-0.3, -0.25) is 9.59 Å². The number of ether oxygens (including phenoxy) is 2. The predicted molar refractivity (Wildman–Crippen MR) is 89.5 cm³/mol. The second kappa shape index (κ2) is 7.03. The van der Waals surface area contributed by atoms with E-state index in [-0.39, 0.29) is 25.0 Å². The summed E-state index contributed by atoms with van der Waals surface area (Å²) in [5.74, 6) is 1.09. The summed E-state index contributed by atoms with van der Waals surface area (Å²) in [7, 11) is 0. The Hall–Kier alpha value is -3.10. The third kappa shape index (κ3) is 3.32. The van der Waals surface area contributed by atoms with Gasteiger partial charge in [-0.15, -0.1) is 5.10 Å². The molecule has 1 unspecified atom stereocenters. The minimum absolute atomic E-state index is 0.0335. The number of fused-ring (bicyclic) bond motifs is 1. The van der Waals surface area contributed by atoms with Crippen LogP contribution in [0.2, 0.25) is 0 Å². The van der Waals surface area contributed by atoms with Crippen LogP contribution in [0.5, 0.6) is 11.5 Å². The molecule has 2 aromatic rings. The number of para-hydroxylation sites is 2. The van der Waals surface area contributed by atoms with Crippen LogP contribution in [0.15, 0.2) is 36.7 Å². The van der Waals surface area contributed by atoms with E-state index in [1.807, 2.05) is 18.2 Å². The molecule has 0 saturated carbocycles. The Morgan fingerprint density at radius 2 is 1.81 bits per heavy atom. The van der Waals surface area contributed by atoms with Crippen molar-refractivity contribution in [2.24, 2.45) is 0 Å². The first-order chi connectivity index (χ1) is 12.7. The van der Waals surface area contributed by atoms with Gasteiger partial charge in [0.15, 0.2) is 11.5 Å². The van der Waals surface area contributed by atoms with E-state index in [9.17, 15) is 9.59 Å².